The molecule has 0 atom stereocenters. The third-order valence-electron chi connectivity index (χ3n) is 27.6. The number of hydrogen-bond donors (Lipinski definition) is 0. The summed E-state index contributed by atoms with van der Waals surface area (Å²) in [7, 11) is 0. The molecule has 136 heavy (non-hydrogen) atoms. The van der Waals surface area contributed by atoms with E-state index in [1.807, 2.05) is 0 Å². The number of fused-ring (bicyclic) bond motifs is 12. The van der Waals surface area contributed by atoms with Gasteiger partial charge in [-0.25, -0.2) is 4.98 Å². The SMILES string of the molecule is Cc1cccc(-c2ccc3c(c2)c2cc(-c4cc(-c5cccc(C)c5)cc5c4c4ccc(-c6cccc(C)c6)cc4n5-c4cc(C#N)c(-n5c6cc(-c7cccc(C)c7)ccc6c6ccc(-c7cccc(C)c7)cc65)cc4-c4cc(C)nc(C)c4)ccc2n3-c2cc(-c3cc(-c4ccccc4)nc(-c4ccccc4)c3)c(-n3c4ccccc4c4cc(-c5cccc(C)c5)ccc43)cc2C#N)c1. The van der Waals surface area contributed by atoms with Crippen molar-refractivity contribution < 1.29 is 0 Å². The molecule has 0 spiro atoms. The molecule has 6 heterocycles. The molecule has 8 nitrogen and oxygen atoms in total. The standard InChI is InChI=1S/C128H90N8/c1-77-23-17-33-87(53-77)93-44-50-117-111(61-93)104-39-15-16-40-116(104)134(117)125-71-102(75-129)120(74-109(125)101-65-114(85-29-11-9-12-30-85)132-115(66-101)86-31-13-10-14-32-86)133-118-51-45-94(88-34-18-24-78(2)54-88)62-112(118)113-63-98(46-52-119(113)133)110-64-99(92-38-22-28-82(6)58-92)70-127-128(110)107-49-43-97(91-37-21-27-81(5)57-91)69-124(107)136(127)126-72-103(76-130)121(73-108(126)100-59-83(7)131-84(8)60-100)135-122-67-95(89-35-19-25-79(3)55-89)41-47-105(122)106-48-42-96(68-123(106)135)90-36-20-26-80(4)56-90/h9-74H,1-8H3. The van der Waals surface area contributed by atoms with Crippen LogP contribution in [0.5, 0.6) is 0 Å². The zero-order valence-corrected chi connectivity index (χ0v) is 76.7. The second kappa shape index (κ2) is 32.8. The lowest BCUT2D eigenvalue weighted by molar-refractivity contribution is 1.11. The lowest BCUT2D eigenvalue weighted by Gasteiger charge is -2.20. The first-order valence-electron chi connectivity index (χ1n) is 46.6. The zero-order valence-electron chi connectivity index (χ0n) is 76.7. The Kier molecular flexibility index (Phi) is 19.7. The number of rotatable bonds is 15. The van der Waals surface area contributed by atoms with Crippen LogP contribution in [0.1, 0.15) is 55.9 Å². The molecule has 6 aromatic heterocycles. The molecule has 0 saturated heterocycles. The van der Waals surface area contributed by atoms with Crippen LogP contribution in [0.4, 0.5) is 0 Å². The highest BCUT2D eigenvalue weighted by Crippen LogP contribution is 2.51. The average Bonchev–Trinajstić information content (AvgIpc) is 1.55. The first-order chi connectivity index (χ1) is 66.5. The minimum atomic E-state index is 0.497. The van der Waals surface area contributed by atoms with Gasteiger partial charge in [-0.3, -0.25) is 4.98 Å². The van der Waals surface area contributed by atoms with E-state index in [0.29, 0.717) is 11.1 Å². The number of nitriles is 2. The lowest BCUT2D eigenvalue weighted by atomic mass is 9.92. The highest BCUT2D eigenvalue weighted by Gasteiger charge is 2.30. The number of aryl methyl sites for hydroxylation is 8. The minimum absolute atomic E-state index is 0.497. The van der Waals surface area contributed by atoms with Crippen LogP contribution in [0.25, 0.3) is 233 Å². The van der Waals surface area contributed by atoms with E-state index in [1.165, 1.54) is 16.7 Å². The fraction of sp³-hybridized carbons (Fsp3) is 0.0625. The van der Waals surface area contributed by atoms with Gasteiger partial charge in [0.2, 0.25) is 0 Å². The van der Waals surface area contributed by atoms with Crippen molar-refractivity contribution in [2.24, 2.45) is 0 Å². The Morgan fingerprint density at radius 3 is 0.926 bits per heavy atom. The molecule has 18 aromatic carbocycles. The van der Waals surface area contributed by atoms with Gasteiger partial charge < -0.3 is 18.3 Å². The van der Waals surface area contributed by atoms with Crippen LogP contribution in [0.15, 0.2) is 400 Å². The number of benzene rings is 18. The summed E-state index contributed by atoms with van der Waals surface area (Å²) in [5.41, 5.74) is 43.2. The Morgan fingerprint density at radius 2 is 0.493 bits per heavy atom. The lowest BCUT2D eigenvalue weighted by Crippen LogP contribution is -2.05. The van der Waals surface area contributed by atoms with E-state index in [-0.39, 0.29) is 0 Å². The van der Waals surface area contributed by atoms with Gasteiger partial charge in [0.25, 0.3) is 0 Å². The van der Waals surface area contributed by atoms with Crippen LogP contribution in [-0.4, -0.2) is 28.2 Å². The maximum absolute atomic E-state index is 12.5. The van der Waals surface area contributed by atoms with Gasteiger partial charge in [-0.1, -0.05) is 312 Å². The molecule has 0 saturated carbocycles. The molecule has 642 valence electrons. The average molecular weight is 1740 g/mol. The summed E-state index contributed by atoms with van der Waals surface area (Å²) in [6.45, 7) is 17.1. The largest absolute Gasteiger partial charge is 0.309 e. The van der Waals surface area contributed by atoms with Crippen LogP contribution in [0.3, 0.4) is 0 Å². The molecule has 0 aliphatic heterocycles. The summed E-state index contributed by atoms with van der Waals surface area (Å²) >= 11 is 0. The molecule has 0 aliphatic carbocycles. The molecule has 0 unspecified atom stereocenters. The molecular weight excluding hydrogens is 1650 g/mol. The topological polar surface area (TPSA) is 93.1 Å². The highest BCUT2D eigenvalue weighted by molar-refractivity contribution is 6.21. The van der Waals surface area contributed by atoms with Crippen LogP contribution in [0.2, 0.25) is 0 Å². The van der Waals surface area contributed by atoms with Crippen molar-refractivity contribution in [3.05, 3.63) is 456 Å². The molecule has 0 amide bonds. The minimum Gasteiger partial charge on any atom is -0.309 e. The fourth-order valence-electron chi connectivity index (χ4n) is 21.3. The second-order valence-corrected chi connectivity index (χ2v) is 36.9. The van der Waals surface area contributed by atoms with Crippen LogP contribution < -0.4 is 0 Å². The quantitative estimate of drug-likeness (QED) is 0.102. The van der Waals surface area contributed by atoms with E-state index >= 15 is 0 Å². The maximum Gasteiger partial charge on any atom is 0.101 e. The number of nitrogens with zero attached hydrogens (tertiary/aromatic N) is 8. The van der Waals surface area contributed by atoms with Gasteiger partial charge in [0.15, 0.2) is 0 Å². The smallest absolute Gasteiger partial charge is 0.101 e. The first kappa shape index (κ1) is 81.7. The van der Waals surface area contributed by atoms with Crippen LogP contribution in [0, 0.1) is 78.1 Å². The summed E-state index contributed by atoms with van der Waals surface area (Å²) in [6, 6.07) is 152. The molecular formula is C128H90N8. The van der Waals surface area contributed by atoms with E-state index < -0.39 is 0 Å². The van der Waals surface area contributed by atoms with E-state index in [4.69, 9.17) is 9.97 Å². The van der Waals surface area contributed by atoms with E-state index in [1.54, 1.807) is 0 Å². The predicted octanol–water partition coefficient (Wildman–Crippen LogP) is 33.4. The Hall–Kier alpha value is -17.6. The van der Waals surface area contributed by atoms with Crippen molar-refractivity contribution in [1.82, 2.24) is 28.2 Å². The number of aromatic nitrogens is 6. The van der Waals surface area contributed by atoms with E-state index in [2.05, 4.69) is 486 Å². The number of para-hydroxylation sites is 1. The van der Waals surface area contributed by atoms with Gasteiger partial charge >= 0.3 is 0 Å². The highest BCUT2D eigenvalue weighted by atomic mass is 15.0. The third kappa shape index (κ3) is 14.1. The van der Waals surface area contributed by atoms with Crippen molar-refractivity contribution in [1.29, 1.82) is 10.5 Å². The van der Waals surface area contributed by atoms with Gasteiger partial charge in [-0.2, -0.15) is 10.5 Å². The predicted molar refractivity (Wildman–Crippen MR) is 567 cm³/mol. The Balaban J connectivity index is 0.790. The summed E-state index contributed by atoms with van der Waals surface area (Å²) in [6.07, 6.45) is 0. The van der Waals surface area contributed by atoms with Gasteiger partial charge in [-0.05, 0) is 266 Å². The van der Waals surface area contributed by atoms with Crippen LogP contribution >= 0.6 is 0 Å². The van der Waals surface area contributed by atoms with Crippen molar-refractivity contribution in [3.63, 3.8) is 0 Å². The second-order valence-electron chi connectivity index (χ2n) is 36.9. The summed E-state index contributed by atoms with van der Waals surface area (Å²) in [4.78, 5) is 10.6. The maximum atomic E-state index is 12.5. The van der Waals surface area contributed by atoms with E-state index in [9.17, 15) is 10.5 Å². The molecule has 0 aliphatic rings. The van der Waals surface area contributed by atoms with Crippen molar-refractivity contribution in [2.75, 3.05) is 0 Å². The van der Waals surface area contributed by atoms with Crippen molar-refractivity contribution >= 4 is 87.2 Å². The van der Waals surface area contributed by atoms with Gasteiger partial charge in [0, 0.05) is 76.7 Å². The number of pyridine rings is 2. The Bertz CT molecular complexity index is 9050. The zero-order chi connectivity index (χ0) is 91.8. The first-order valence-corrected chi connectivity index (χ1v) is 46.6. The summed E-state index contributed by atoms with van der Waals surface area (Å²) < 4.78 is 9.55. The molecule has 8 heteroatoms. The van der Waals surface area contributed by atoms with Gasteiger partial charge in [0.1, 0.15) is 12.1 Å². The third-order valence-corrected chi connectivity index (χ3v) is 27.6. The normalized spacial score (nSPS) is 11.7. The summed E-state index contributed by atoms with van der Waals surface area (Å²) in [5, 5.41) is 33.4. The molecule has 0 bridgehead atoms. The molecule has 0 radical (unpaired) electrons. The van der Waals surface area contributed by atoms with E-state index in [0.717, 1.165) is 261 Å². The van der Waals surface area contributed by atoms with Crippen LogP contribution in [-0.2, 0) is 0 Å². The monoisotopic (exact) mass is 1740 g/mol. The fourth-order valence-corrected chi connectivity index (χ4v) is 21.3. The Morgan fingerprint density at radius 1 is 0.184 bits per heavy atom. The summed E-state index contributed by atoms with van der Waals surface area (Å²) in [5.74, 6) is 0. The Labute approximate surface area is 789 Å². The molecule has 0 fully saturated rings. The van der Waals surface area contributed by atoms with Gasteiger partial charge in [-0.15, -0.1) is 0 Å². The van der Waals surface area contributed by atoms with Gasteiger partial charge in [0.05, 0.1) is 89.4 Å². The van der Waals surface area contributed by atoms with Crippen molar-refractivity contribution in [2.45, 2.75) is 55.4 Å². The van der Waals surface area contributed by atoms with Crippen molar-refractivity contribution in [3.8, 4) is 158 Å². The molecule has 0 N–H and O–H groups in total. The molecule has 24 aromatic rings. The number of hydrogen-bond acceptors (Lipinski definition) is 4. The molecule has 24 rings (SSSR count).